The molecule has 1 atom stereocenters. The van der Waals surface area contributed by atoms with Gasteiger partial charge in [0.25, 0.3) is 0 Å². The summed E-state index contributed by atoms with van der Waals surface area (Å²) in [4.78, 5) is 13.6. The summed E-state index contributed by atoms with van der Waals surface area (Å²) >= 11 is 0. The van der Waals surface area contributed by atoms with Gasteiger partial charge in [0.2, 0.25) is 0 Å². The molecule has 0 bridgehead atoms. The van der Waals surface area contributed by atoms with Crippen LogP contribution in [0.1, 0.15) is 39.5 Å². The first-order valence-corrected chi connectivity index (χ1v) is 7.92. The van der Waals surface area contributed by atoms with Gasteiger partial charge in [0.05, 0.1) is 13.2 Å². The lowest BCUT2D eigenvalue weighted by atomic mass is 10.0. The van der Waals surface area contributed by atoms with Crippen LogP contribution in [0.5, 0.6) is 0 Å². The summed E-state index contributed by atoms with van der Waals surface area (Å²) < 4.78 is 9.99. The molecular formula is C15H30N2O3. The van der Waals surface area contributed by atoms with Crippen LogP contribution >= 0.6 is 0 Å². The maximum atomic E-state index is 11.0. The van der Waals surface area contributed by atoms with Crippen molar-refractivity contribution in [1.29, 1.82) is 0 Å². The van der Waals surface area contributed by atoms with Crippen LogP contribution in [0.15, 0.2) is 0 Å². The molecule has 5 nitrogen and oxygen atoms in total. The molecule has 1 aliphatic rings. The van der Waals surface area contributed by atoms with Crippen LogP contribution in [0.2, 0.25) is 0 Å². The molecule has 0 aromatic heterocycles. The molecule has 0 radical (unpaired) electrons. The summed E-state index contributed by atoms with van der Waals surface area (Å²) in [6, 6.07) is 0.747. The average Bonchev–Trinajstić information content (AvgIpc) is 2.44. The third-order valence-electron chi connectivity index (χ3n) is 3.69. The fourth-order valence-electron chi connectivity index (χ4n) is 2.52. The standard InChI is InChI=1S/C15H30N2O3/c1-3-20-15(18)13-19-12-9-16-8-6-11-17-10-5-4-7-14(17)2/h14,16H,3-13H2,1-2H3. The average molecular weight is 286 g/mol. The zero-order chi connectivity index (χ0) is 14.6. The Morgan fingerprint density at radius 3 is 2.95 bits per heavy atom. The predicted octanol–water partition coefficient (Wildman–Crippen LogP) is 1.42. The SMILES string of the molecule is CCOC(=O)COCCNCCCN1CCCCC1C. The third kappa shape index (κ3) is 7.82. The Balaban J connectivity index is 1.86. The Hall–Kier alpha value is -0.650. The molecule has 20 heavy (non-hydrogen) atoms. The number of esters is 1. The normalized spacial score (nSPS) is 20.0. The van der Waals surface area contributed by atoms with Crippen LogP contribution < -0.4 is 5.32 Å². The second-order valence-electron chi connectivity index (χ2n) is 5.34. The van der Waals surface area contributed by atoms with E-state index in [2.05, 4.69) is 17.1 Å². The van der Waals surface area contributed by atoms with Gasteiger partial charge in [-0.15, -0.1) is 0 Å². The first-order chi connectivity index (χ1) is 9.74. The topological polar surface area (TPSA) is 50.8 Å². The van der Waals surface area contributed by atoms with Gasteiger partial charge < -0.3 is 19.7 Å². The van der Waals surface area contributed by atoms with Gasteiger partial charge in [-0.25, -0.2) is 4.79 Å². The molecule has 0 aromatic carbocycles. The summed E-state index contributed by atoms with van der Waals surface area (Å²) in [6.45, 7) is 9.37. The molecule has 1 saturated heterocycles. The molecule has 0 saturated carbocycles. The summed E-state index contributed by atoms with van der Waals surface area (Å²) in [5.74, 6) is -0.286. The number of hydrogen-bond acceptors (Lipinski definition) is 5. The number of nitrogens with one attached hydrogen (secondary N) is 1. The molecule has 0 aromatic rings. The first-order valence-electron chi connectivity index (χ1n) is 7.92. The van der Waals surface area contributed by atoms with Crippen molar-refractivity contribution >= 4 is 5.97 Å². The molecule has 1 heterocycles. The van der Waals surface area contributed by atoms with Gasteiger partial charge in [-0.05, 0) is 52.7 Å². The summed E-state index contributed by atoms with van der Waals surface area (Å²) in [7, 11) is 0. The van der Waals surface area contributed by atoms with E-state index in [1.807, 2.05) is 0 Å². The van der Waals surface area contributed by atoms with Crippen molar-refractivity contribution in [2.24, 2.45) is 0 Å². The van der Waals surface area contributed by atoms with Gasteiger partial charge >= 0.3 is 5.97 Å². The molecule has 1 fully saturated rings. The van der Waals surface area contributed by atoms with Crippen molar-refractivity contribution in [2.45, 2.75) is 45.6 Å². The molecule has 0 aliphatic carbocycles. The quantitative estimate of drug-likeness (QED) is 0.486. The highest BCUT2D eigenvalue weighted by Crippen LogP contribution is 2.15. The van der Waals surface area contributed by atoms with Gasteiger partial charge in [0, 0.05) is 12.6 Å². The predicted molar refractivity (Wildman–Crippen MR) is 79.8 cm³/mol. The zero-order valence-corrected chi connectivity index (χ0v) is 13.0. The lowest BCUT2D eigenvalue weighted by Gasteiger charge is -2.33. The van der Waals surface area contributed by atoms with Gasteiger partial charge in [-0.3, -0.25) is 0 Å². The van der Waals surface area contributed by atoms with Crippen molar-refractivity contribution in [3.8, 4) is 0 Å². The van der Waals surface area contributed by atoms with Crippen LogP contribution in [0.4, 0.5) is 0 Å². The molecule has 1 unspecified atom stereocenters. The fourth-order valence-corrected chi connectivity index (χ4v) is 2.52. The minimum Gasteiger partial charge on any atom is -0.464 e. The largest absolute Gasteiger partial charge is 0.464 e. The highest BCUT2D eigenvalue weighted by Gasteiger charge is 2.16. The minimum absolute atomic E-state index is 0.0564. The van der Waals surface area contributed by atoms with Crippen molar-refractivity contribution in [3.05, 3.63) is 0 Å². The van der Waals surface area contributed by atoms with E-state index in [0.29, 0.717) is 13.2 Å². The van der Waals surface area contributed by atoms with Crippen molar-refractivity contribution < 1.29 is 14.3 Å². The highest BCUT2D eigenvalue weighted by molar-refractivity contribution is 5.70. The fraction of sp³-hybridized carbons (Fsp3) is 0.933. The van der Waals surface area contributed by atoms with E-state index in [9.17, 15) is 4.79 Å². The molecule has 1 aliphatic heterocycles. The van der Waals surface area contributed by atoms with Gasteiger partial charge in [-0.1, -0.05) is 6.42 Å². The first kappa shape index (κ1) is 17.4. The smallest absolute Gasteiger partial charge is 0.332 e. The van der Waals surface area contributed by atoms with E-state index < -0.39 is 0 Å². The number of carbonyl (C=O) groups excluding carboxylic acids is 1. The Labute approximate surface area is 123 Å². The highest BCUT2D eigenvalue weighted by atomic mass is 16.6. The Morgan fingerprint density at radius 1 is 1.35 bits per heavy atom. The summed E-state index contributed by atoms with van der Waals surface area (Å²) in [6.07, 6.45) is 5.24. The van der Waals surface area contributed by atoms with E-state index in [4.69, 9.17) is 9.47 Å². The summed E-state index contributed by atoms with van der Waals surface area (Å²) in [5, 5.41) is 3.34. The van der Waals surface area contributed by atoms with E-state index in [1.165, 1.54) is 38.8 Å². The number of ether oxygens (including phenoxy) is 2. The maximum absolute atomic E-state index is 11.0. The van der Waals surface area contributed by atoms with Crippen molar-refractivity contribution in [3.63, 3.8) is 0 Å². The monoisotopic (exact) mass is 286 g/mol. The molecule has 1 N–H and O–H groups in total. The molecule has 0 amide bonds. The van der Waals surface area contributed by atoms with E-state index in [0.717, 1.165) is 19.1 Å². The number of nitrogens with zero attached hydrogens (tertiary/aromatic N) is 1. The van der Waals surface area contributed by atoms with Crippen LogP contribution in [-0.2, 0) is 14.3 Å². The lowest BCUT2D eigenvalue weighted by molar-refractivity contribution is -0.148. The number of piperidine rings is 1. The molecular weight excluding hydrogens is 256 g/mol. The van der Waals surface area contributed by atoms with Crippen LogP contribution in [0.3, 0.4) is 0 Å². The van der Waals surface area contributed by atoms with Gasteiger partial charge in [-0.2, -0.15) is 0 Å². The number of hydrogen-bond donors (Lipinski definition) is 1. The molecule has 0 spiro atoms. The van der Waals surface area contributed by atoms with Gasteiger partial charge in [0.15, 0.2) is 0 Å². The van der Waals surface area contributed by atoms with Crippen LogP contribution in [0.25, 0.3) is 0 Å². The third-order valence-corrected chi connectivity index (χ3v) is 3.69. The Morgan fingerprint density at radius 2 is 2.20 bits per heavy atom. The Bertz CT molecular complexity index is 262. The van der Waals surface area contributed by atoms with E-state index in [1.54, 1.807) is 6.92 Å². The number of rotatable bonds is 10. The zero-order valence-electron chi connectivity index (χ0n) is 13.0. The van der Waals surface area contributed by atoms with Crippen LogP contribution in [-0.4, -0.2) is 62.9 Å². The van der Waals surface area contributed by atoms with Crippen molar-refractivity contribution in [2.75, 3.05) is 46.0 Å². The van der Waals surface area contributed by atoms with E-state index in [-0.39, 0.29) is 12.6 Å². The lowest BCUT2D eigenvalue weighted by Crippen LogP contribution is -2.39. The molecule has 1 rings (SSSR count). The number of likely N-dealkylation sites (tertiary alicyclic amines) is 1. The minimum atomic E-state index is -0.286. The summed E-state index contributed by atoms with van der Waals surface area (Å²) in [5.41, 5.74) is 0. The van der Waals surface area contributed by atoms with E-state index >= 15 is 0 Å². The second kappa shape index (κ2) is 11.1. The number of carbonyl (C=O) groups is 1. The maximum Gasteiger partial charge on any atom is 0.332 e. The Kier molecular flexibility index (Phi) is 9.62. The molecule has 5 heteroatoms. The van der Waals surface area contributed by atoms with Crippen molar-refractivity contribution in [1.82, 2.24) is 10.2 Å². The second-order valence-corrected chi connectivity index (χ2v) is 5.34. The van der Waals surface area contributed by atoms with Crippen LogP contribution in [0, 0.1) is 0 Å². The molecule has 118 valence electrons. The van der Waals surface area contributed by atoms with Gasteiger partial charge in [0.1, 0.15) is 6.61 Å².